The minimum absolute atomic E-state index is 0.0792. The number of amides is 3. The minimum atomic E-state index is -0.279. The van der Waals surface area contributed by atoms with Crippen LogP contribution in [-0.4, -0.2) is 44.3 Å². The van der Waals surface area contributed by atoms with Crippen LogP contribution < -0.4 is 20.9 Å². The number of hydrogen-bond acceptors (Lipinski definition) is 4. The van der Waals surface area contributed by atoms with Gasteiger partial charge in [0.15, 0.2) is 0 Å². The molecule has 0 bridgehead atoms. The fourth-order valence-electron chi connectivity index (χ4n) is 4.49. The van der Waals surface area contributed by atoms with Crippen LogP contribution in [0, 0.1) is 0 Å². The Hall–Kier alpha value is -3.06. The van der Waals surface area contributed by atoms with Crippen LogP contribution in [0.25, 0.3) is 0 Å². The Balaban J connectivity index is 1.42. The van der Waals surface area contributed by atoms with Crippen molar-refractivity contribution in [1.82, 2.24) is 10.6 Å². The Morgan fingerprint density at radius 3 is 2.47 bits per heavy atom. The standard InChI is InChI=1S/C27H36N4O3/c1-19(2)21-9-7-20(8-10-21)17-28-26(32)22-11-12-25(31-13-3-4-14-31)24(16-22)30-27(33)29-18-23-6-5-15-34-23/h7-12,16,19,23H,3-6,13-15,17-18H2,1-2H3,(H,28,32)(H2,29,30,33). The van der Waals surface area contributed by atoms with Crippen LogP contribution in [0.15, 0.2) is 42.5 Å². The molecule has 0 saturated carbocycles. The van der Waals surface area contributed by atoms with Crippen molar-refractivity contribution >= 4 is 23.3 Å². The summed E-state index contributed by atoms with van der Waals surface area (Å²) in [5.74, 6) is 0.315. The molecule has 2 aromatic rings. The molecule has 182 valence electrons. The van der Waals surface area contributed by atoms with Gasteiger partial charge in [-0.1, -0.05) is 38.1 Å². The zero-order valence-corrected chi connectivity index (χ0v) is 20.2. The van der Waals surface area contributed by atoms with E-state index in [2.05, 4.69) is 59.0 Å². The molecule has 2 aliphatic rings. The highest BCUT2D eigenvalue weighted by Crippen LogP contribution is 2.30. The molecule has 4 rings (SSSR count). The van der Waals surface area contributed by atoms with Crippen LogP contribution in [0.2, 0.25) is 0 Å². The fraction of sp³-hybridized carbons (Fsp3) is 0.481. The number of nitrogens with one attached hydrogen (secondary N) is 3. The molecule has 7 nitrogen and oxygen atoms in total. The molecule has 1 atom stereocenters. The summed E-state index contributed by atoms with van der Waals surface area (Å²) in [6, 6.07) is 13.6. The van der Waals surface area contributed by atoms with Gasteiger partial charge in [0.05, 0.1) is 17.5 Å². The van der Waals surface area contributed by atoms with Crippen LogP contribution in [0.5, 0.6) is 0 Å². The molecule has 2 saturated heterocycles. The summed E-state index contributed by atoms with van der Waals surface area (Å²) < 4.78 is 5.59. The number of benzene rings is 2. The second-order valence-electron chi connectivity index (χ2n) is 9.48. The second-order valence-corrected chi connectivity index (χ2v) is 9.48. The van der Waals surface area contributed by atoms with Gasteiger partial charge in [0.25, 0.3) is 5.91 Å². The van der Waals surface area contributed by atoms with Gasteiger partial charge in [-0.3, -0.25) is 4.79 Å². The SMILES string of the molecule is CC(C)c1ccc(CNC(=O)c2ccc(N3CCCC3)c(NC(=O)NCC3CCCO3)c2)cc1. The summed E-state index contributed by atoms with van der Waals surface area (Å²) in [5.41, 5.74) is 4.46. The van der Waals surface area contributed by atoms with E-state index in [4.69, 9.17) is 4.74 Å². The third kappa shape index (κ3) is 6.29. The van der Waals surface area contributed by atoms with Gasteiger partial charge in [0, 0.05) is 38.3 Å². The molecular weight excluding hydrogens is 428 g/mol. The zero-order chi connectivity index (χ0) is 23.9. The van der Waals surface area contributed by atoms with E-state index < -0.39 is 0 Å². The van der Waals surface area contributed by atoms with E-state index in [-0.39, 0.29) is 18.0 Å². The summed E-state index contributed by atoms with van der Waals surface area (Å²) in [5, 5.41) is 8.87. The Morgan fingerprint density at radius 2 is 1.79 bits per heavy atom. The second kappa shape index (κ2) is 11.4. The first-order valence-corrected chi connectivity index (χ1v) is 12.4. The van der Waals surface area contributed by atoms with Gasteiger partial charge in [0.1, 0.15) is 0 Å². The molecule has 1 unspecified atom stereocenters. The first-order chi connectivity index (χ1) is 16.5. The number of nitrogens with zero attached hydrogens (tertiary/aromatic N) is 1. The summed E-state index contributed by atoms with van der Waals surface area (Å²) in [4.78, 5) is 27.8. The van der Waals surface area contributed by atoms with Crippen molar-refractivity contribution in [3.8, 4) is 0 Å². The largest absolute Gasteiger partial charge is 0.376 e. The van der Waals surface area contributed by atoms with Gasteiger partial charge in [0.2, 0.25) is 0 Å². The maximum atomic E-state index is 12.9. The lowest BCUT2D eigenvalue weighted by Gasteiger charge is -2.22. The smallest absolute Gasteiger partial charge is 0.319 e. The highest BCUT2D eigenvalue weighted by Gasteiger charge is 2.20. The van der Waals surface area contributed by atoms with Crippen LogP contribution in [0.3, 0.4) is 0 Å². The van der Waals surface area contributed by atoms with Crippen LogP contribution >= 0.6 is 0 Å². The Labute approximate surface area is 202 Å². The number of carbonyl (C=O) groups excluding carboxylic acids is 2. The van der Waals surface area contributed by atoms with Crippen molar-refractivity contribution in [2.45, 2.75) is 58.1 Å². The third-order valence-electron chi connectivity index (χ3n) is 6.57. The molecule has 3 N–H and O–H groups in total. The van der Waals surface area contributed by atoms with Crippen LogP contribution in [0.4, 0.5) is 16.2 Å². The molecule has 0 spiro atoms. The number of ether oxygens (including phenoxy) is 1. The van der Waals surface area contributed by atoms with Gasteiger partial charge < -0.3 is 25.6 Å². The van der Waals surface area contributed by atoms with E-state index in [0.717, 1.165) is 56.6 Å². The van der Waals surface area contributed by atoms with E-state index in [1.165, 1.54) is 5.56 Å². The van der Waals surface area contributed by atoms with Crippen molar-refractivity contribution in [3.05, 3.63) is 59.2 Å². The summed E-state index contributed by atoms with van der Waals surface area (Å²) in [7, 11) is 0. The molecule has 2 fully saturated rings. The third-order valence-corrected chi connectivity index (χ3v) is 6.57. The average Bonchev–Trinajstić information content (AvgIpc) is 3.56. The van der Waals surface area contributed by atoms with Gasteiger partial charge in [-0.2, -0.15) is 0 Å². The van der Waals surface area contributed by atoms with E-state index in [9.17, 15) is 9.59 Å². The number of anilines is 2. The average molecular weight is 465 g/mol. The Morgan fingerprint density at radius 1 is 1.03 bits per heavy atom. The molecule has 3 amide bonds. The number of urea groups is 1. The lowest BCUT2D eigenvalue weighted by Crippen LogP contribution is -2.35. The topological polar surface area (TPSA) is 82.7 Å². The molecule has 2 aromatic carbocycles. The van der Waals surface area contributed by atoms with Crippen molar-refractivity contribution in [3.63, 3.8) is 0 Å². The minimum Gasteiger partial charge on any atom is -0.376 e. The molecule has 0 radical (unpaired) electrons. The monoisotopic (exact) mass is 464 g/mol. The number of rotatable bonds is 8. The number of hydrogen-bond donors (Lipinski definition) is 3. The molecular formula is C27H36N4O3. The highest BCUT2D eigenvalue weighted by atomic mass is 16.5. The van der Waals surface area contributed by atoms with Gasteiger partial charge in [-0.05, 0) is 60.9 Å². The molecule has 0 aromatic heterocycles. The van der Waals surface area contributed by atoms with Crippen molar-refractivity contribution in [2.75, 3.05) is 36.5 Å². The molecule has 7 heteroatoms. The van der Waals surface area contributed by atoms with Crippen molar-refractivity contribution in [2.24, 2.45) is 0 Å². The number of carbonyl (C=O) groups is 2. The molecule has 2 aliphatic heterocycles. The van der Waals surface area contributed by atoms with Crippen molar-refractivity contribution in [1.29, 1.82) is 0 Å². The van der Waals surface area contributed by atoms with Gasteiger partial charge in [-0.15, -0.1) is 0 Å². The van der Waals surface area contributed by atoms with Crippen molar-refractivity contribution < 1.29 is 14.3 Å². The highest BCUT2D eigenvalue weighted by molar-refractivity contribution is 5.99. The molecule has 0 aliphatic carbocycles. The predicted molar refractivity (Wildman–Crippen MR) is 136 cm³/mol. The fourth-order valence-corrected chi connectivity index (χ4v) is 4.49. The first-order valence-electron chi connectivity index (χ1n) is 12.4. The van der Waals surface area contributed by atoms with E-state index >= 15 is 0 Å². The molecule has 34 heavy (non-hydrogen) atoms. The van der Waals surface area contributed by atoms with E-state index in [1.54, 1.807) is 6.07 Å². The molecule has 2 heterocycles. The predicted octanol–water partition coefficient (Wildman–Crippen LogP) is 4.64. The van der Waals surface area contributed by atoms with Gasteiger partial charge in [-0.25, -0.2) is 4.79 Å². The van der Waals surface area contributed by atoms with Crippen LogP contribution in [-0.2, 0) is 11.3 Å². The Bertz CT molecular complexity index is 978. The quantitative estimate of drug-likeness (QED) is 0.532. The summed E-state index contributed by atoms with van der Waals surface area (Å²) >= 11 is 0. The first kappa shape index (κ1) is 24.1. The maximum absolute atomic E-state index is 12.9. The summed E-state index contributed by atoms with van der Waals surface area (Å²) in [6.07, 6.45) is 4.34. The Kier molecular flexibility index (Phi) is 8.06. The lowest BCUT2D eigenvalue weighted by atomic mass is 10.0. The lowest BCUT2D eigenvalue weighted by molar-refractivity contribution is 0.0951. The maximum Gasteiger partial charge on any atom is 0.319 e. The normalized spacial score (nSPS) is 17.7. The van der Waals surface area contributed by atoms with E-state index in [1.807, 2.05) is 12.1 Å². The van der Waals surface area contributed by atoms with E-state index in [0.29, 0.717) is 30.3 Å². The van der Waals surface area contributed by atoms with Crippen LogP contribution in [0.1, 0.15) is 66.9 Å². The summed E-state index contributed by atoms with van der Waals surface area (Å²) in [6.45, 7) is 7.92. The van der Waals surface area contributed by atoms with Gasteiger partial charge >= 0.3 is 6.03 Å². The zero-order valence-electron chi connectivity index (χ0n) is 20.2.